The summed E-state index contributed by atoms with van der Waals surface area (Å²) in [4.78, 5) is 25.2. The van der Waals surface area contributed by atoms with Gasteiger partial charge in [-0.3, -0.25) is 9.59 Å². The largest absolute Gasteiger partial charge is 0.469 e. The lowest BCUT2D eigenvalue weighted by atomic mass is 10.1. The summed E-state index contributed by atoms with van der Waals surface area (Å²) in [6.07, 6.45) is 3.29. The number of methoxy groups -OCH3 is 1. The molecule has 5 nitrogen and oxygen atoms in total. The van der Waals surface area contributed by atoms with Crippen molar-refractivity contribution < 1.29 is 19.1 Å². The van der Waals surface area contributed by atoms with Crippen LogP contribution in [-0.2, 0) is 19.1 Å². The highest BCUT2D eigenvalue weighted by Crippen LogP contribution is 2.21. The third-order valence-corrected chi connectivity index (χ3v) is 3.49. The summed E-state index contributed by atoms with van der Waals surface area (Å²) in [5.41, 5.74) is 0. The van der Waals surface area contributed by atoms with Gasteiger partial charge in [-0.05, 0) is 25.7 Å². The van der Waals surface area contributed by atoms with E-state index in [1.807, 2.05) is 0 Å². The molecule has 96 valence electrons. The SMILES string of the molecule is COC(=O)C1CCN(C(=O)C2CCCCO2)C1. The normalized spacial score (nSPS) is 29.1. The van der Waals surface area contributed by atoms with Gasteiger partial charge in [-0.2, -0.15) is 0 Å². The van der Waals surface area contributed by atoms with Gasteiger partial charge in [0.1, 0.15) is 6.10 Å². The molecule has 17 heavy (non-hydrogen) atoms. The van der Waals surface area contributed by atoms with Crippen LogP contribution in [0.5, 0.6) is 0 Å². The van der Waals surface area contributed by atoms with Crippen molar-refractivity contribution in [1.29, 1.82) is 0 Å². The fraction of sp³-hybridized carbons (Fsp3) is 0.833. The van der Waals surface area contributed by atoms with Crippen LogP contribution >= 0.6 is 0 Å². The average Bonchev–Trinajstić information content (AvgIpc) is 2.87. The molecular formula is C12H19NO4. The van der Waals surface area contributed by atoms with E-state index in [-0.39, 0.29) is 23.9 Å². The second-order valence-corrected chi connectivity index (χ2v) is 4.65. The summed E-state index contributed by atoms with van der Waals surface area (Å²) in [6.45, 7) is 1.79. The molecule has 0 aliphatic carbocycles. The van der Waals surface area contributed by atoms with Gasteiger partial charge in [0.25, 0.3) is 5.91 Å². The molecule has 0 N–H and O–H groups in total. The molecule has 2 aliphatic heterocycles. The van der Waals surface area contributed by atoms with E-state index in [4.69, 9.17) is 9.47 Å². The maximum absolute atomic E-state index is 12.1. The molecule has 0 radical (unpaired) electrons. The molecule has 0 aromatic heterocycles. The zero-order valence-electron chi connectivity index (χ0n) is 10.2. The van der Waals surface area contributed by atoms with Crippen LogP contribution < -0.4 is 0 Å². The number of esters is 1. The monoisotopic (exact) mass is 241 g/mol. The smallest absolute Gasteiger partial charge is 0.310 e. The Bertz CT molecular complexity index is 299. The lowest BCUT2D eigenvalue weighted by Crippen LogP contribution is -2.41. The Morgan fingerprint density at radius 3 is 2.76 bits per heavy atom. The van der Waals surface area contributed by atoms with Gasteiger partial charge in [-0.15, -0.1) is 0 Å². The first-order valence-corrected chi connectivity index (χ1v) is 6.20. The third kappa shape index (κ3) is 2.77. The second kappa shape index (κ2) is 5.49. The van der Waals surface area contributed by atoms with Crippen LogP contribution in [0.15, 0.2) is 0 Å². The van der Waals surface area contributed by atoms with Gasteiger partial charge in [0, 0.05) is 19.7 Å². The summed E-state index contributed by atoms with van der Waals surface area (Å²) in [6, 6.07) is 0. The van der Waals surface area contributed by atoms with Crippen molar-refractivity contribution in [1.82, 2.24) is 4.90 Å². The molecule has 0 saturated carbocycles. The number of hydrogen-bond acceptors (Lipinski definition) is 4. The predicted molar refractivity (Wildman–Crippen MR) is 60.3 cm³/mol. The second-order valence-electron chi connectivity index (χ2n) is 4.65. The molecule has 0 bridgehead atoms. The Morgan fingerprint density at radius 1 is 1.29 bits per heavy atom. The summed E-state index contributed by atoms with van der Waals surface area (Å²) < 4.78 is 10.2. The van der Waals surface area contributed by atoms with E-state index >= 15 is 0 Å². The summed E-state index contributed by atoms with van der Waals surface area (Å²) in [7, 11) is 1.39. The molecular weight excluding hydrogens is 222 g/mol. The molecule has 2 saturated heterocycles. The van der Waals surface area contributed by atoms with Crippen LogP contribution in [0, 0.1) is 5.92 Å². The predicted octanol–water partition coefficient (Wildman–Crippen LogP) is 0.577. The Balaban J connectivity index is 1.87. The van der Waals surface area contributed by atoms with E-state index in [0.717, 1.165) is 19.3 Å². The minimum absolute atomic E-state index is 0.0381. The fourth-order valence-corrected chi connectivity index (χ4v) is 2.46. The van der Waals surface area contributed by atoms with E-state index in [0.29, 0.717) is 26.1 Å². The molecule has 0 aromatic rings. The number of carbonyl (C=O) groups is 2. The number of ether oxygens (including phenoxy) is 2. The van der Waals surface area contributed by atoms with Crippen molar-refractivity contribution in [2.24, 2.45) is 5.92 Å². The Kier molecular flexibility index (Phi) is 3.99. The van der Waals surface area contributed by atoms with Gasteiger partial charge in [0.15, 0.2) is 0 Å². The van der Waals surface area contributed by atoms with Crippen LogP contribution in [0.1, 0.15) is 25.7 Å². The minimum atomic E-state index is -0.292. The van der Waals surface area contributed by atoms with Gasteiger partial charge < -0.3 is 14.4 Å². The topological polar surface area (TPSA) is 55.8 Å². The van der Waals surface area contributed by atoms with Crippen molar-refractivity contribution in [3.8, 4) is 0 Å². The maximum Gasteiger partial charge on any atom is 0.310 e. The van der Waals surface area contributed by atoms with Gasteiger partial charge >= 0.3 is 5.97 Å². The standard InChI is InChI=1S/C12H19NO4/c1-16-12(15)9-5-6-13(8-9)11(14)10-4-2-3-7-17-10/h9-10H,2-8H2,1H3. The maximum atomic E-state index is 12.1. The highest BCUT2D eigenvalue weighted by molar-refractivity contribution is 5.82. The molecule has 2 rings (SSSR count). The molecule has 5 heteroatoms. The van der Waals surface area contributed by atoms with E-state index in [2.05, 4.69) is 0 Å². The first kappa shape index (κ1) is 12.4. The number of nitrogens with zero attached hydrogens (tertiary/aromatic N) is 1. The van der Waals surface area contributed by atoms with Gasteiger partial charge in [0.2, 0.25) is 0 Å². The summed E-state index contributed by atoms with van der Waals surface area (Å²) in [5, 5.41) is 0. The Labute approximate surface area is 101 Å². The van der Waals surface area contributed by atoms with Gasteiger partial charge in [0.05, 0.1) is 13.0 Å². The average molecular weight is 241 g/mol. The highest BCUT2D eigenvalue weighted by Gasteiger charge is 2.35. The Morgan fingerprint density at radius 2 is 2.12 bits per heavy atom. The quantitative estimate of drug-likeness (QED) is 0.663. The molecule has 2 unspecified atom stereocenters. The number of likely N-dealkylation sites (tertiary alicyclic amines) is 1. The van der Waals surface area contributed by atoms with Crippen molar-refractivity contribution in [3.63, 3.8) is 0 Å². The number of hydrogen-bond donors (Lipinski definition) is 0. The van der Waals surface area contributed by atoms with Crippen molar-refractivity contribution in [2.45, 2.75) is 31.8 Å². The fourth-order valence-electron chi connectivity index (χ4n) is 2.46. The molecule has 2 fully saturated rings. The van der Waals surface area contributed by atoms with Crippen LogP contribution in [0.25, 0.3) is 0 Å². The summed E-state index contributed by atoms with van der Waals surface area (Å²) >= 11 is 0. The van der Waals surface area contributed by atoms with Crippen LogP contribution in [0.2, 0.25) is 0 Å². The van der Waals surface area contributed by atoms with Crippen LogP contribution in [-0.4, -0.2) is 49.7 Å². The first-order valence-electron chi connectivity index (χ1n) is 6.20. The van der Waals surface area contributed by atoms with Crippen LogP contribution in [0.3, 0.4) is 0 Å². The molecule has 2 aliphatic rings. The molecule has 0 spiro atoms. The zero-order valence-corrected chi connectivity index (χ0v) is 10.2. The van der Waals surface area contributed by atoms with Gasteiger partial charge in [-0.25, -0.2) is 0 Å². The summed E-state index contributed by atoms with van der Waals surface area (Å²) in [5.74, 6) is -0.339. The lowest BCUT2D eigenvalue weighted by molar-refractivity contribution is -0.147. The van der Waals surface area contributed by atoms with E-state index in [1.165, 1.54) is 7.11 Å². The Hall–Kier alpha value is -1.10. The van der Waals surface area contributed by atoms with Crippen LogP contribution in [0.4, 0.5) is 0 Å². The molecule has 1 amide bonds. The van der Waals surface area contributed by atoms with E-state index in [9.17, 15) is 9.59 Å². The van der Waals surface area contributed by atoms with E-state index in [1.54, 1.807) is 4.90 Å². The molecule has 2 atom stereocenters. The number of amides is 1. The zero-order chi connectivity index (χ0) is 12.3. The number of rotatable bonds is 2. The van der Waals surface area contributed by atoms with Crippen molar-refractivity contribution >= 4 is 11.9 Å². The highest BCUT2D eigenvalue weighted by atomic mass is 16.5. The molecule has 0 aromatic carbocycles. The van der Waals surface area contributed by atoms with Gasteiger partial charge in [-0.1, -0.05) is 0 Å². The lowest BCUT2D eigenvalue weighted by Gasteiger charge is -2.26. The van der Waals surface area contributed by atoms with E-state index < -0.39 is 0 Å². The molecule has 2 heterocycles. The third-order valence-electron chi connectivity index (χ3n) is 3.49. The first-order chi connectivity index (χ1) is 8.22. The van der Waals surface area contributed by atoms with Crippen molar-refractivity contribution in [2.75, 3.05) is 26.8 Å². The van der Waals surface area contributed by atoms with Crippen molar-refractivity contribution in [3.05, 3.63) is 0 Å². The minimum Gasteiger partial charge on any atom is -0.469 e. The number of carbonyl (C=O) groups excluding carboxylic acids is 2.